The SMILES string of the molecule is CCOc1ccc(/C=N\N2C(=O)[C@@H]3[C@@H](C2=O)[C@H]2C=C[C@H]3C2)cc1OC. The van der Waals surface area contributed by atoms with Gasteiger partial charge in [-0.1, -0.05) is 12.2 Å². The molecule has 1 saturated heterocycles. The number of rotatable bonds is 5. The first kappa shape index (κ1) is 15.9. The molecule has 1 aromatic rings. The summed E-state index contributed by atoms with van der Waals surface area (Å²) in [4.78, 5) is 25.2. The number of ether oxygens (including phenoxy) is 2. The quantitative estimate of drug-likeness (QED) is 0.468. The number of nitrogens with zero attached hydrogens (tertiary/aromatic N) is 2. The third-order valence-corrected chi connectivity index (χ3v) is 5.26. The minimum Gasteiger partial charge on any atom is -0.493 e. The fraction of sp³-hybridized carbons (Fsp3) is 0.421. The van der Waals surface area contributed by atoms with Gasteiger partial charge in [0, 0.05) is 0 Å². The summed E-state index contributed by atoms with van der Waals surface area (Å²) in [6.45, 7) is 2.44. The Morgan fingerprint density at radius 2 is 1.84 bits per heavy atom. The molecule has 1 heterocycles. The Hall–Kier alpha value is -2.63. The summed E-state index contributed by atoms with van der Waals surface area (Å²) in [5, 5.41) is 5.22. The van der Waals surface area contributed by atoms with Gasteiger partial charge < -0.3 is 9.47 Å². The fourth-order valence-corrected chi connectivity index (χ4v) is 4.16. The molecule has 1 saturated carbocycles. The van der Waals surface area contributed by atoms with E-state index in [1.54, 1.807) is 19.2 Å². The van der Waals surface area contributed by atoms with Crippen molar-refractivity contribution < 1.29 is 19.1 Å². The van der Waals surface area contributed by atoms with Gasteiger partial charge in [-0.05, 0) is 48.9 Å². The summed E-state index contributed by atoms with van der Waals surface area (Å²) >= 11 is 0. The van der Waals surface area contributed by atoms with Crippen LogP contribution in [0.25, 0.3) is 0 Å². The van der Waals surface area contributed by atoms with E-state index in [0.29, 0.717) is 18.1 Å². The number of hydrogen-bond donors (Lipinski definition) is 0. The summed E-state index contributed by atoms with van der Waals surface area (Å²) in [7, 11) is 1.57. The summed E-state index contributed by atoms with van der Waals surface area (Å²) < 4.78 is 10.8. The van der Waals surface area contributed by atoms with E-state index in [-0.39, 0.29) is 35.5 Å². The Kier molecular flexibility index (Phi) is 3.82. The molecule has 2 fully saturated rings. The standard InChI is InChI=1S/C19H20N2O4/c1-3-25-14-7-4-11(8-15(14)24-2)10-20-21-18(22)16-12-5-6-13(9-12)17(16)19(21)23/h4-8,10,12-13,16-17H,3,9H2,1-2H3/b20-10-/t12-,13-,16-,17-/m0/s1. The van der Waals surface area contributed by atoms with E-state index in [1.165, 1.54) is 6.21 Å². The summed E-state index contributed by atoms with van der Waals surface area (Å²) in [5.41, 5.74) is 0.735. The van der Waals surface area contributed by atoms with E-state index in [9.17, 15) is 9.59 Å². The van der Waals surface area contributed by atoms with Crippen LogP contribution in [-0.2, 0) is 9.59 Å². The number of allylic oxidation sites excluding steroid dienone is 2. The number of methoxy groups -OCH3 is 1. The van der Waals surface area contributed by atoms with Gasteiger partial charge in [-0.15, -0.1) is 0 Å². The Morgan fingerprint density at radius 1 is 1.16 bits per heavy atom. The number of hydrazone groups is 1. The maximum absolute atomic E-state index is 12.6. The van der Waals surface area contributed by atoms with Crippen LogP contribution in [0.1, 0.15) is 18.9 Å². The van der Waals surface area contributed by atoms with Crippen molar-refractivity contribution in [2.24, 2.45) is 28.8 Å². The maximum atomic E-state index is 12.6. The zero-order valence-electron chi connectivity index (χ0n) is 14.2. The van der Waals surface area contributed by atoms with E-state index in [2.05, 4.69) is 17.3 Å². The highest BCUT2D eigenvalue weighted by Gasteiger charge is 2.59. The van der Waals surface area contributed by atoms with Crippen LogP contribution in [0.5, 0.6) is 11.5 Å². The first-order chi connectivity index (χ1) is 12.1. The average Bonchev–Trinajstić information content (AvgIpc) is 3.29. The van der Waals surface area contributed by atoms with Gasteiger partial charge in [0.2, 0.25) is 0 Å². The molecular formula is C19H20N2O4. The fourth-order valence-electron chi connectivity index (χ4n) is 4.16. The molecule has 25 heavy (non-hydrogen) atoms. The molecule has 0 N–H and O–H groups in total. The lowest BCUT2D eigenvalue weighted by molar-refractivity contribution is -0.140. The highest BCUT2D eigenvalue weighted by atomic mass is 16.5. The van der Waals surface area contributed by atoms with E-state index in [1.807, 2.05) is 13.0 Å². The molecule has 1 aliphatic heterocycles. The first-order valence-electron chi connectivity index (χ1n) is 8.55. The van der Waals surface area contributed by atoms with Crippen LogP contribution in [0.3, 0.4) is 0 Å². The van der Waals surface area contributed by atoms with Gasteiger partial charge in [-0.2, -0.15) is 10.1 Å². The molecule has 6 nitrogen and oxygen atoms in total. The number of fused-ring (bicyclic) bond motifs is 5. The predicted octanol–water partition coefficient (Wildman–Crippen LogP) is 2.23. The number of amides is 2. The first-order valence-corrected chi connectivity index (χ1v) is 8.55. The van der Waals surface area contributed by atoms with Crippen LogP contribution in [-0.4, -0.2) is 36.8 Å². The number of carbonyl (C=O) groups is 2. The molecule has 0 spiro atoms. The summed E-state index contributed by atoms with van der Waals surface area (Å²) in [5.74, 6) is 0.803. The molecule has 2 amide bonds. The highest BCUT2D eigenvalue weighted by Crippen LogP contribution is 2.52. The van der Waals surface area contributed by atoms with Gasteiger partial charge in [-0.25, -0.2) is 0 Å². The molecular weight excluding hydrogens is 320 g/mol. The van der Waals surface area contributed by atoms with Crippen LogP contribution in [0.2, 0.25) is 0 Å². The lowest BCUT2D eigenvalue weighted by Gasteiger charge is -2.13. The Morgan fingerprint density at radius 3 is 2.44 bits per heavy atom. The molecule has 130 valence electrons. The zero-order valence-corrected chi connectivity index (χ0v) is 14.2. The minimum atomic E-state index is -0.227. The minimum absolute atomic E-state index is 0.180. The number of benzene rings is 1. The molecule has 1 aromatic carbocycles. The van der Waals surface area contributed by atoms with Crippen LogP contribution >= 0.6 is 0 Å². The average molecular weight is 340 g/mol. The second-order valence-electron chi connectivity index (χ2n) is 6.58. The molecule has 0 aromatic heterocycles. The zero-order chi connectivity index (χ0) is 17.6. The highest BCUT2D eigenvalue weighted by molar-refractivity contribution is 6.06. The molecule has 4 rings (SSSR count). The maximum Gasteiger partial charge on any atom is 0.254 e. The van der Waals surface area contributed by atoms with E-state index >= 15 is 0 Å². The summed E-state index contributed by atoms with van der Waals surface area (Å²) in [6, 6.07) is 5.37. The predicted molar refractivity (Wildman–Crippen MR) is 91.3 cm³/mol. The number of hydrogen-bond acceptors (Lipinski definition) is 5. The second kappa shape index (κ2) is 6.02. The van der Waals surface area contributed by atoms with Gasteiger partial charge in [0.05, 0.1) is 31.8 Å². The molecule has 2 aliphatic carbocycles. The Balaban J connectivity index is 1.55. The van der Waals surface area contributed by atoms with Crippen molar-refractivity contribution >= 4 is 18.0 Å². The number of carbonyl (C=O) groups excluding carboxylic acids is 2. The van der Waals surface area contributed by atoms with Crippen molar-refractivity contribution in [1.29, 1.82) is 0 Å². The van der Waals surface area contributed by atoms with Crippen LogP contribution in [0.4, 0.5) is 0 Å². The lowest BCUT2D eigenvalue weighted by Crippen LogP contribution is -2.28. The topological polar surface area (TPSA) is 68.2 Å². The van der Waals surface area contributed by atoms with Crippen molar-refractivity contribution in [3.8, 4) is 11.5 Å². The van der Waals surface area contributed by atoms with Crippen molar-refractivity contribution in [3.05, 3.63) is 35.9 Å². The van der Waals surface area contributed by atoms with Crippen molar-refractivity contribution in [3.63, 3.8) is 0 Å². The largest absolute Gasteiger partial charge is 0.493 e. The van der Waals surface area contributed by atoms with E-state index in [0.717, 1.165) is 17.0 Å². The van der Waals surface area contributed by atoms with Crippen LogP contribution < -0.4 is 9.47 Å². The molecule has 2 bridgehead atoms. The van der Waals surface area contributed by atoms with Gasteiger partial charge in [0.1, 0.15) is 0 Å². The molecule has 3 aliphatic rings. The third-order valence-electron chi connectivity index (χ3n) is 5.26. The molecule has 0 radical (unpaired) electrons. The van der Waals surface area contributed by atoms with Crippen molar-refractivity contribution in [2.45, 2.75) is 13.3 Å². The molecule has 4 atom stereocenters. The Bertz CT molecular complexity index is 756. The van der Waals surface area contributed by atoms with E-state index in [4.69, 9.17) is 9.47 Å². The molecule has 0 unspecified atom stereocenters. The van der Waals surface area contributed by atoms with Gasteiger partial charge >= 0.3 is 0 Å². The summed E-state index contributed by atoms with van der Waals surface area (Å²) in [6.07, 6.45) is 6.58. The van der Waals surface area contributed by atoms with Crippen molar-refractivity contribution in [2.75, 3.05) is 13.7 Å². The normalized spacial score (nSPS) is 29.8. The Labute approximate surface area is 146 Å². The van der Waals surface area contributed by atoms with Crippen LogP contribution in [0, 0.1) is 23.7 Å². The van der Waals surface area contributed by atoms with E-state index < -0.39 is 0 Å². The van der Waals surface area contributed by atoms with Gasteiger partial charge in [0.15, 0.2) is 11.5 Å². The van der Waals surface area contributed by atoms with Crippen LogP contribution in [0.15, 0.2) is 35.5 Å². The van der Waals surface area contributed by atoms with Gasteiger partial charge in [-0.3, -0.25) is 9.59 Å². The lowest BCUT2D eigenvalue weighted by atomic mass is 9.85. The van der Waals surface area contributed by atoms with Crippen molar-refractivity contribution in [1.82, 2.24) is 5.01 Å². The second-order valence-corrected chi connectivity index (χ2v) is 6.58. The van der Waals surface area contributed by atoms with Gasteiger partial charge in [0.25, 0.3) is 11.8 Å². The number of imide groups is 1. The third kappa shape index (κ3) is 2.44. The monoisotopic (exact) mass is 340 g/mol. The molecule has 6 heteroatoms. The smallest absolute Gasteiger partial charge is 0.254 e.